The van der Waals surface area contributed by atoms with Gasteiger partial charge in [-0.2, -0.15) is 4.31 Å². The third-order valence-electron chi connectivity index (χ3n) is 5.84. The molecule has 0 saturated heterocycles. The fourth-order valence-corrected chi connectivity index (χ4v) is 5.80. The van der Waals surface area contributed by atoms with Crippen LogP contribution in [-0.2, 0) is 26.0 Å². The van der Waals surface area contributed by atoms with Gasteiger partial charge in [-0.15, -0.1) is 0 Å². The van der Waals surface area contributed by atoms with E-state index >= 15 is 0 Å². The number of esters is 1. The van der Waals surface area contributed by atoms with Crippen molar-refractivity contribution in [2.75, 3.05) is 20.3 Å². The highest BCUT2D eigenvalue weighted by Crippen LogP contribution is 2.36. The molecule has 0 bridgehead atoms. The van der Waals surface area contributed by atoms with Crippen molar-refractivity contribution < 1.29 is 27.5 Å². The normalized spacial score (nSPS) is 15.9. The van der Waals surface area contributed by atoms with Gasteiger partial charge in [-0.1, -0.05) is 54.6 Å². The van der Waals surface area contributed by atoms with E-state index in [2.05, 4.69) is 0 Å². The first-order valence-corrected chi connectivity index (χ1v) is 12.3. The molecule has 176 valence electrons. The maximum absolute atomic E-state index is 13.4. The molecule has 1 aliphatic heterocycles. The van der Waals surface area contributed by atoms with Crippen LogP contribution in [0.1, 0.15) is 33.9 Å². The molecule has 0 radical (unpaired) electrons. The van der Waals surface area contributed by atoms with Gasteiger partial charge in [0, 0.05) is 6.54 Å². The number of fused-ring (bicyclic) bond motifs is 1. The molecule has 0 spiro atoms. The maximum atomic E-state index is 13.4. The van der Waals surface area contributed by atoms with E-state index < -0.39 is 34.4 Å². The largest absolute Gasteiger partial charge is 0.496 e. The van der Waals surface area contributed by atoms with E-state index in [-0.39, 0.29) is 17.9 Å². The van der Waals surface area contributed by atoms with Gasteiger partial charge in [0.1, 0.15) is 5.75 Å². The number of sulfonamides is 1. The molecule has 0 amide bonds. The van der Waals surface area contributed by atoms with Gasteiger partial charge in [-0.3, -0.25) is 9.59 Å². The second-order valence-electron chi connectivity index (χ2n) is 7.88. The van der Waals surface area contributed by atoms with Crippen molar-refractivity contribution in [3.63, 3.8) is 0 Å². The van der Waals surface area contributed by atoms with E-state index in [1.165, 1.54) is 23.5 Å². The van der Waals surface area contributed by atoms with Crippen molar-refractivity contribution in [1.29, 1.82) is 0 Å². The Bertz CT molecular complexity index is 1290. The smallest absolute Gasteiger partial charge is 0.308 e. The molecule has 1 unspecified atom stereocenters. The zero-order valence-corrected chi connectivity index (χ0v) is 19.5. The second-order valence-corrected chi connectivity index (χ2v) is 9.77. The molecular formula is C26H25NO6S. The molecule has 1 atom stereocenters. The predicted molar refractivity (Wildman–Crippen MR) is 126 cm³/mol. The van der Waals surface area contributed by atoms with Crippen LogP contribution < -0.4 is 4.74 Å². The number of para-hydroxylation sites is 1. The number of hydrogen-bond donors (Lipinski definition) is 0. The molecule has 0 N–H and O–H groups in total. The Morgan fingerprint density at radius 1 is 0.941 bits per heavy atom. The van der Waals surface area contributed by atoms with Crippen LogP contribution in [0, 0.1) is 0 Å². The summed E-state index contributed by atoms with van der Waals surface area (Å²) >= 11 is 0. The summed E-state index contributed by atoms with van der Waals surface area (Å²) in [7, 11) is -2.38. The Kier molecular flexibility index (Phi) is 7.09. The van der Waals surface area contributed by atoms with Crippen LogP contribution in [0.5, 0.6) is 5.75 Å². The molecule has 3 aromatic carbocycles. The molecule has 0 aliphatic carbocycles. The van der Waals surface area contributed by atoms with Gasteiger partial charge in [-0.25, -0.2) is 8.42 Å². The summed E-state index contributed by atoms with van der Waals surface area (Å²) in [6.45, 7) is -0.217. The Morgan fingerprint density at radius 2 is 1.62 bits per heavy atom. The van der Waals surface area contributed by atoms with Crippen LogP contribution >= 0.6 is 0 Å². The lowest BCUT2D eigenvalue weighted by Gasteiger charge is -2.36. The van der Waals surface area contributed by atoms with Gasteiger partial charge < -0.3 is 9.47 Å². The first-order chi connectivity index (χ1) is 16.4. The lowest BCUT2D eigenvalue weighted by atomic mass is 9.92. The molecule has 1 heterocycles. The minimum Gasteiger partial charge on any atom is -0.496 e. The van der Waals surface area contributed by atoms with E-state index in [1.807, 2.05) is 24.3 Å². The summed E-state index contributed by atoms with van der Waals surface area (Å²) in [5.41, 5.74) is 2.07. The highest BCUT2D eigenvalue weighted by molar-refractivity contribution is 7.89. The average molecular weight is 480 g/mol. The molecule has 0 saturated carbocycles. The number of Topliss-reactive ketones (excluding diaryl/α,β-unsaturated/α-hetero) is 1. The van der Waals surface area contributed by atoms with E-state index in [0.717, 1.165) is 11.1 Å². The molecule has 8 heteroatoms. The quantitative estimate of drug-likeness (QED) is 0.361. The second kappa shape index (κ2) is 10.2. The number of benzene rings is 3. The summed E-state index contributed by atoms with van der Waals surface area (Å²) in [6.07, 6.45) is 0.336. The lowest BCUT2D eigenvalue weighted by molar-refractivity contribution is -0.143. The van der Waals surface area contributed by atoms with Crippen molar-refractivity contribution in [3.8, 4) is 5.75 Å². The number of nitrogens with zero attached hydrogens (tertiary/aromatic N) is 1. The van der Waals surface area contributed by atoms with Crippen LogP contribution in [0.3, 0.4) is 0 Å². The Hall–Kier alpha value is -3.49. The fraction of sp³-hybridized carbons (Fsp3) is 0.231. The van der Waals surface area contributed by atoms with E-state index in [0.29, 0.717) is 17.7 Å². The molecule has 7 nitrogen and oxygen atoms in total. The summed E-state index contributed by atoms with van der Waals surface area (Å²) in [4.78, 5) is 25.5. The van der Waals surface area contributed by atoms with Crippen LogP contribution in [0.2, 0.25) is 0 Å². The number of methoxy groups -OCH3 is 1. The highest BCUT2D eigenvalue weighted by atomic mass is 32.2. The molecule has 0 fully saturated rings. The van der Waals surface area contributed by atoms with Crippen molar-refractivity contribution in [2.24, 2.45) is 0 Å². The minimum absolute atomic E-state index is 0.166. The zero-order chi connectivity index (χ0) is 24.1. The number of ketones is 1. The van der Waals surface area contributed by atoms with Gasteiger partial charge in [0.05, 0.1) is 30.0 Å². The third kappa shape index (κ3) is 4.88. The summed E-state index contributed by atoms with van der Waals surface area (Å²) in [5, 5.41) is 0. The van der Waals surface area contributed by atoms with Crippen molar-refractivity contribution in [1.82, 2.24) is 4.31 Å². The topological polar surface area (TPSA) is 90.0 Å². The Labute approximate surface area is 199 Å². The Morgan fingerprint density at radius 3 is 2.38 bits per heavy atom. The number of carbonyl (C=O) groups is 2. The van der Waals surface area contributed by atoms with Crippen molar-refractivity contribution in [2.45, 2.75) is 23.8 Å². The van der Waals surface area contributed by atoms with Crippen LogP contribution in [0.15, 0.2) is 83.8 Å². The SMILES string of the molecule is COc1ccccc1C(=O)COC(=O)CC1c2ccccc2CCN1S(=O)(=O)c1ccccc1. The van der Waals surface area contributed by atoms with Gasteiger partial charge in [0.2, 0.25) is 15.8 Å². The zero-order valence-electron chi connectivity index (χ0n) is 18.7. The number of carbonyl (C=O) groups excluding carboxylic acids is 2. The number of ether oxygens (including phenoxy) is 2. The van der Waals surface area contributed by atoms with Crippen molar-refractivity contribution in [3.05, 3.63) is 95.6 Å². The van der Waals surface area contributed by atoms with Gasteiger partial charge >= 0.3 is 5.97 Å². The van der Waals surface area contributed by atoms with Crippen molar-refractivity contribution >= 4 is 21.8 Å². The Balaban J connectivity index is 1.54. The first kappa shape index (κ1) is 23.7. The highest BCUT2D eigenvalue weighted by Gasteiger charge is 2.37. The minimum atomic E-state index is -3.84. The lowest BCUT2D eigenvalue weighted by Crippen LogP contribution is -2.41. The van der Waals surface area contributed by atoms with Gasteiger partial charge in [0.15, 0.2) is 6.61 Å². The summed E-state index contributed by atoms with van der Waals surface area (Å²) < 4.78 is 38.7. The van der Waals surface area contributed by atoms with E-state index in [9.17, 15) is 18.0 Å². The molecule has 34 heavy (non-hydrogen) atoms. The maximum Gasteiger partial charge on any atom is 0.308 e. The van der Waals surface area contributed by atoms with Gasteiger partial charge in [-0.05, 0) is 41.8 Å². The average Bonchev–Trinajstić information content (AvgIpc) is 2.87. The monoisotopic (exact) mass is 479 g/mol. The van der Waals surface area contributed by atoms with Crippen LogP contribution in [-0.4, -0.2) is 44.7 Å². The summed E-state index contributed by atoms with van der Waals surface area (Å²) in [5.74, 6) is -0.660. The first-order valence-electron chi connectivity index (χ1n) is 10.9. The van der Waals surface area contributed by atoms with Crippen LogP contribution in [0.25, 0.3) is 0 Å². The molecule has 4 rings (SSSR count). The van der Waals surface area contributed by atoms with Gasteiger partial charge in [0.25, 0.3) is 0 Å². The third-order valence-corrected chi connectivity index (χ3v) is 7.77. The molecule has 1 aliphatic rings. The molecular weight excluding hydrogens is 454 g/mol. The number of hydrogen-bond acceptors (Lipinski definition) is 6. The number of rotatable bonds is 8. The molecule has 3 aromatic rings. The predicted octanol–water partition coefficient (Wildman–Crippen LogP) is 3.80. The van der Waals surface area contributed by atoms with Crippen LogP contribution in [0.4, 0.5) is 0 Å². The summed E-state index contributed by atoms with van der Waals surface area (Å²) in [6, 6.07) is 21.6. The van der Waals surface area contributed by atoms with E-state index in [4.69, 9.17) is 9.47 Å². The molecule has 0 aromatic heterocycles. The standard InChI is InChI=1S/C26H25NO6S/c1-32-25-14-8-7-13-22(25)24(28)18-33-26(29)17-23-21-12-6-5-9-19(21)15-16-27(23)34(30,31)20-10-3-2-4-11-20/h2-14,23H,15-18H2,1H3. The van der Waals surface area contributed by atoms with E-state index in [1.54, 1.807) is 42.5 Å². The fourth-order valence-electron chi connectivity index (χ4n) is 4.17.